The molecule has 18 heavy (non-hydrogen) atoms. The Morgan fingerprint density at radius 1 is 1.44 bits per heavy atom. The lowest BCUT2D eigenvalue weighted by Gasteiger charge is -2.29. The molecule has 3 N–H and O–H groups in total. The first kappa shape index (κ1) is 15.6. The first-order chi connectivity index (χ1) is 8.56. The maximum Gasteiger partial charge on any atom is 0.223 e. The predicted octanol–water partition coefficient (Wildman–Crippen LogP) is 1.02. The third-order valence-electron chi connectivity index (χ3n) is 3.97. The molecule has 0 heterocycles. The molecule has 1 saturated carbocycles. The molecule has 0 aromatic heterocycles. The van der Waals surface area contributed by atoms with Crippen molar-refractivity contribution in [2.75, 3.05) is 19.3 Å². The summed E-state index contributed by atoms with van der Waals surface area (Å²) in [5, 5.41) is 3.11. The van der Waals surface area contributed by atoms with Gasteiger partial charge in [0.2, 0.25) is 5.91 Å². The van der Waals surface area contributed by atoms with Crippen LogP contribution in [0.15, 0.2) is 0 Å². The number of hydrogen-bond acceptors (Lipinski definition) is 3. The van der Waals surface area contributed by atoms with Crippen LogP contribution in [-0.4, -0.2) is 34.7 Å². The van der Waals surface area contributed by atoms with Crippen molar-refractivity contribution >= 4 is 16.7 Å². The van der Waals surface area contributed by atoms with Crippen molar-refractivity contribution in [3.05, 3.63) is 0 Å². The van der Waals surface area contributed by atoms with Crippen LogP contribution in [0.1, 0.15) is 39.0 Å². The smallest absolute Gasteiger partial charge is 0.223 e. The highest BCUT2D eigenvalue weighted by molar-refractivity contribution is 7.84. The van der Waals surface area contributed by atoms with Crippen LogP contribution in [0.3, 0.4) is 0 Å². The van der Waals surface area contributed by atoms with Gasteiger partial charge in [0.05, 0.1) is 0 Å². The van der Waals surface area contributed by atoms with Gasteiger partial charge in [-0.2, -0.15) is 0 Å². The average molecular weight is 274 g/mol. The van der Waals surface area contributed by atoms with Crippen molar-refractivity contribution in [1.82, 2.24) is 5.32 Å². The molecule has 0 bridgehead atoms. The molecule has 0 radical (unpaired) electrons. The molecule has 0 saturated heterocycles. The molecule has 1 aliphatic carbocycles. The summed E-state index contributed by atoms with van der Waals surface area (Å²) < 4.78 is 11.2. The number of nitrogens with two attached hydrogens (primary N) is 1. The highest BCUT2D eigenvalue weighted by Crippen LogP contribution is 2.29. The van der Waals surface area contributed by atoms with Crippen LogP contribution in [-0.2, 0) is 15.6 Å². The van der Waals surface area contributed by atoms with Gasteiger partial charge < -0.3 is 11.1 Å². The van der Waals surface area contributed by atoms with Gasteiger partial charge >= 0.3 is 0 Å². The van der Waals surface area contributed by atoms with E-state index in [-0.39, 0.29) is 17.1 Å². The van der Waals surface area contributed by atoms with Gasteiger partial charge in [0.25, 0.3) is 0 Å². The Labute approximate surface area is 113 Å². The molecule has 4 atom stereocenters. The number of carbonyl (C=O) groups is 1. The molecule has 0 aromatic rings. The zero-order valence-corrected chi connectivity index (χ0v) is 12.3. The van der Waals surface area contributed by atoms with E-state index in [1.165, 1.54) is 6.42 Å². The van der Waals surface area contributed by atoms with Crippen molar-refractivity contribution in [1.29, 1.82) is 0 Å². The van der Waals surface area contributed by atoms with Gasteiger partial charge in [0.1, 0.15) is 0 Å². The summed E-state index contributed by atoms with van der Waals surface area (Å²) in [5.74, 6) is 0.571. The second kappa shape index (κ2) is 7.89. The Morgan fingerprint density at radius 3 is 2.72 bits per heavy atom. The van der Waals surface area contributed by atoms with Crippen LogP contribution in [0, 0.1) is 11.8 Å². The van der Waals surface area contributed by atoms with Gasteiger partial charge in [-0.05, 0) is 31.7 Å². The molecule has 5 heteroatoms. The van der Waals surface area contributed by atoms with Crippen LogP contribution in [0.4, 0.5) is 0 Å². The second-order valence-corrected chi connectivity index (χ2v) is 7.08. The zero-order chi connectivity index (χ0) is 13.5. The number of carbonyl (C=O) groups excluding carboxylic acids is 1. The molecule has 0 spiro atoms. The summed E-state index contributed by atoms with van der Waals surface area (Å²) in [7, 11) is -0.810. The number of nitrogens with one attached hydrogen (secondary N) is 1. The van der Waals surface area contributed by atoms with Crippen molar-refractivity contribution in [3.8, 4) is 0 Å². The van der Waals surface area contributed by atoms with E-state index < -0.39 is 10.8 Å². The number of hydrogen-bond donors (Lipinski definition) is 2. The van der Waals surface area contributed by atoms with Gasteiger partial charge in [-0.25, -0.2) is 0 Å². The Bertz CT molecular complexity index is 297. The first-order valence-corrected chi connectivity index (χ1v) is 8.48. The summed E-state index contributed by atoms with van der Waals surface area (Å²) in [4.78, 5) is 12.1. The Morgan fingerprint density at radius 2 is 2.11 bits per heavy atom. The van der Waals surface area contributed by atoms with E-state index in [2.05, 4.69) is 5.32 Å². The number of rotatable bonds is 6. The Balaban J connectivity index is 2.33. The van der Waals surface area contributed by atoms with Crippen molar-refractivity contribution in [2.45, 2.75) is 44.3 Å². The lowest BCUT2D eigenvalue weighted by atomic mass is 9.79. The van der Waals surface area contributed by atoms with Crippen LogP contribution < -0.4 is 11.1 Å². The molecule has 1 fully saturated rings. The predicted molar refractivity (Wildman–Crippen MR) is 75.7 cm³/mol. The molecule has 1 rings (SSSR count). The summed E-state index contributed by atoms with van der Waals surface area (Å²) in [6.07, 6.45) is 6.83. The van der Waals surface area contributed by atoms with E-state index in [0.29, 0.717) is 19.0 Å². The average Bonchev–Trinajstić information content (AvgIpc) is 2.38. The van der Waals surface area contributed by atoms with E-state index >= 15 is 0 Å². The third-order valence-corrected chi connectivity index (χ3v) is 5.33. The zero-order valence-electron chi connectivity index (χ0n) is 11.5. The molecule has 1 amide bonds. The third kappa shape index (κ3) is 4.69. The molecule has 1 aliphatic rings. The maximum atomic E-state index is 12.1. The van der Waals surface area contributed by atoms with E-state index in [4.69, 9.17) is 5.73 Å². The lowest BCUT2D eigenvalue weighted by Crippen LogP contribution is -2.40. The highest BCUT2D eigenvalue weighted by Gasteiger charge is 2.29. The minimum atomic E-state index is -0.810. The van der Waals surface area contributed by atoms with Gasteiger partial charge in [0.15, 0.2) is 0 Å². The summed E-state index contributed by atoms with van der Waals surface area (Å²) in [6, 6.07) is 0. The largest absolute Gasteiger partial charge is 0.356 e. The Hall–Kier alpha value is -0.420. The van der Waals surface area contributed by atoms with Crippen LogP contribution >= 0.6 is 0 Å². The molecule has 4 nitrogen and oxygen atoms in total. The van der Waals surface area contributed by atoms with Gasteiger partial charge in [0, 0.05) is 34.8 Å². The van der Waals surface area contributed by atoms with Crippen LogP contribution in [0.2, 0.25) is 0 Å². The summed E-state index contributed by atoms with van der Waals surface area (Å²) in [5.41, 5.74) is 5.73. The fraction of sp³-hybridized carbons (Fsp3) is 0.923. The van der Waals surface area contributed by atoms with E-state index in [9.17, 15) is 9.00 Å². The fourth-order valence-electron chi connectivity index (χ4n) is 2.53. The molecular weight excluding hydrogens is 248 g/mol. The number of amides is 1. The Kier molecular flexibility index (Phi) is 6.86. The standard InChI is InChI=1S/C13H26N2O2S/c1-10(18(2)17)7-8-15-13(16)12-6-4-3-5-11(12)9-14/h10-12H,3-9,14H2,1-2H3,(H,15,16). The molecule has 106 valence electrons. The minimum absolute atomic E-state index is 0.0891. The van der Waals surface area contributed by atoms with Gasteiger partial charge in [-0.3, -0.25) is 9.00 Å². The van der Waals surface area contributed by atoms with Crippen molar-refractivity contribution in [3.63, 3.8) is 0 Å². The lowest BCUT2D eigenvalue weighted by molar-refractivity contribution is -0.127. The van der Waals surface area contributed by atoms with Crippen molar-refractivity contribution < 1.29 is 9.00 Å². The summed E-state index contributed by atoms with van der Waals surface area (Å²) in [6.45, 7) is 3.17. The van der Waals surface area contributed by atoms with E-state index in [1.54, 1.807) is 6.26 Å². The van der Waals surface area contributed by atoms with Gasteiger partial charge in [-0.1, -0.05) is 19.8 Å². The van der Waals surface area contributed by atoms with Crippen LogP contribution in [0.5, 0.6) is 0 Å². The van der Waals surface area contributed by atoms with E-state index in [0.717, 1.165) is 25.7 Å². The second-order valence-electron chi connectivity index (χ2n) is 5.28. The quantitative estimate of drug-likeness (QED) is 0.760. The summed E-state index contributed by atoms with van der Waals surface area (Å²) >= 11 is 0. The normalized spacial score (nSPS) is 27.5. The maximum absolute atomic E-state index is 12.1. The fourth-order valence-corrected chi connectivity index (χ4v) is 2.98. The molecule has 0 aliphatic heterocycles. The minimum Gasteiger partial charge on any atom is -0.356 e. The molecular formula is C13H26N2O2S. The van der Waals surface area contributed by atoms with Gasteiger partial charge in [-0.15, -0.1) is 0 Å². The highest BCUT2D eigenvalue weighted by atomic mass is 32.2. The monoisotopic (exact) mass is 274 g/mol. The van der Waals surface area contributed by atoms with Crippen LogP contribution in [0.25, 0.3) is 0 Å². The topological polar surface area (TPSA) is 72.2 Å². The van der Waals surface area contributed by atoms with Crippen molar-refractivity contribution in [2.24, 2.45) is 17.6 Å². The SMILES string of the molecule is CC(CCNC(=O)C1CCCCC1CN)S(C)=O. The first-order valence-electron chi connectivity index (χ1n) is 6.86. The van der Waals surface area contributed by atoms with E-state index in [1.807, 2.05) is 6.92 Å². The molecule has 0 aromatic carbocycles. The molecule has 4 unspecified atom stereocenters.